The molecule has 0 bridgehead atoms. The summed E-state index contributed by atoms with van der Waals surface area (Å²) in [5, 5.41) is 0. The van der Waals surface area contributed by atoms with E-state index in [1.807, 2.05) is 35.2 Å². The van der Waals surface area contributed by atoms with Gasteiger partial charge in [-0.15, -0.1) is 12.4 Å². The van der Waals surface area contributed by atoms with Gasteiger partial charge in [-0.05, 0) is 5.56 Å². The molecule has 0 saturated carbocycles. The summed E-state index contributed by atoms with van der Waals surface area (Å²) in [4.78, 5) is 27.4. The van der Waals surface area contributed by atoms with E-state index in [1.54, 1.807) is 11.8 Å². The molecule has 1 saturated heterocycles. The van der Waals surface area contributed by atoms with Gasteiger partial charge in [0.15, 0.2) is 0 Å². The molecule has 2 N–H and O–H groups in total. The number of nitrogens with zero attached hydrogens (tertiary/aromatic N) is 2. The summed E-state index contributed by atoms with van der Waals surface area (Å²) in [5.74, 6) is -0.169. The zero-order chi connectivity index (χ0) is 14.5. The summed E-state index contributed by atoms with van der Waals surface area (Å²) in [5.41, 5.74) is 6.73. The number of piperazine rings is 1. The Bertz CT molecular complexity index is 473. The number of benzene rings is 1. The van der Waals surface area contributed by atoms with Crippen molar-refractivity contribution in [2.24, 2.45) is 5.73 Å². The highest BCUT2D eigenvalue weighted by Gasteiger charge is 2.28. The fourth-order valence-electron chi connectivity index (χ4n) is 2.53. The average Bonchev–Trinajstić information content (AvgIpc) is 2.49. The predicted octanol–water partition coefficient (Wildman–Crippen LogP) is 0.841. The highest BCUT2D eigenvalue weighted by Crippen LogP contribution is 2.18. The molecule has 1 heterocycles. The number of nitrogens with two attached hydrogens (primary N) is 1. The summed E-state index contributed by atoms with van der Waals surface area (Å²) in [6.45, 7) is 4.24. The van der Waals surface area contributed by atoms with Gasteiger partial charge in [0, 0.05) is 39.6 Å². The van der Waals surface area contributed by atoms with Gasteiger partial charge in [0.2, 0.25) is 11.8 Å². The van der Waals surface area contributed by atoms with E-state index in [1.165, 1.54) is 0 Å². The van der Waals surface area contributed by atoms with E-state index in [0.29, 0.717) is 32.7 Å². The van der Waals surface area contributed by atoms with Gasteiger partial charge in [0.05, 0.1) is 5.92 Å². The van der Waals surface area contributed by atoms with Gasteiger partial charge >= 0.3 is 0 Å². The first kappa shape index (κ1) is 17.5. The monoisotopic (exact) mass is 311 g/mol. The van der Waals surface area contributed by atoms with Crippen LogP contribution < -0.4 is 5.73 Å². The molecule has 1 aliphatic rings. The van der Waals surface area contributed by atoms with Gasteiger partial charge in [-0.25, -0.2) is 0 Å². The van der Waals surface area contributed by atoms with E-state index < -0.39 is 0 Å². The van der Waals surface area contributed by atoms with E-state index in [-0.39, 0.29) is 30.1 Å². The molecule has 2 amide bonds. The third kappa shape index (κ3) is 4.19. The molecule has 21 heavy (non-hydrogen) atoms. The molecule has 116 valence electrons. The highest BCUT2D eigenvalue weighted by atomic mass is 35.5. The van der Waals surface area contributed by atoms with Crippen LogP contribution in [0.4, 0.5) is 0 Å². The Hall–Kier alpha value is -1.59. The van der Waals surface area contributed by atoms with Crippen LogP contribution in [0.1, 0.15) is 18.4 Å². The second-order valence-corrected chi connectivity index (χ2v) is 5.03. The van der Waals surface area contributed by atoms with Crippen LogP contribution in [0.25, 0.3) is 0 Å². The first-order valence-electron chi connectivity index (χ1n) is 6.92. The Morgan fingerprint density at radius 1 is 1.10 bits per heavy atom. The van der Waals surface area contributed by atoms with Crippen LogP contribution in [-0.4, -0.2) is 54.3 Å². The van der Waals surface area contributed by atoms with Crippen molar-refractivity contribution in [2.75, 3.05) is 32.7 Å². The van der Waals surface area contributed by atoms with Crippen molar-refractivity contribution in [3.8, 4) is 0 Å². The van der Waals surface area contributed by atoms with E-state index in [4.69, 9.17) is 5.73 Å². The van der Waals surface area contributed by atoms with E-state index >= 15 is 0 Å². The van der Waals surface area contributed by atoms with Crippen molar-refractivity contribution in [3.63, 3.8) is 0 Å². The van der Waals surface area contributed by atoms with Crippen molar-refractivity contribution in [3.05, 3.63) is 35.9 Å². The fourth-order valence-corrected chi connectivity index (χ4v) is 2.53. The average molecular weight is 312 g/mol. The Kier molecular flexibility index (Phi) is 6.65. The number of hydrogen-bond acceptors (Lipinski definition) is 3. The van der Waals surface area contributed by atoms with Gasteiger partial charge in [0.1, 0.15) is 0 Å². The van der Waals surface area contributed by atoms with Crippen molar-refractivity contribution in [1.29, 1.82) is 0 Å². The normalized spacial score (nSPS) is 16.1. The third-order valence-corrected chi connectivity index (χ3v) is 3.77. The second kappa shape index (κ2) is 8.00. The van der Waals surface area contributed by atoms with Crippen LogP contribution in [0.2, 0.25) is 0 Å². The van der Waals surface area contributed by atoms with Gasteiger partial charge < -0.3 is 15.5 Å². The van der Waals surface area contributed by atoms with Crippen LogP contribution in [-0.2, 0) is 9.59 Å². The highest BCUT2D eigenvalue weighted by molar-refractivity contribution is 5.85. The predicted molar refractivity (Wildman–Crippen MR) is 84.3 cm³/mol. The minimum atomic E-state index is -0.292. The zero-order valence-corrected chi connectivity index (χ0v) is 13.0. The number of halogens is 1. The largest absolute Gasteiger partial charge is 0.339 e. The van der Waals surface area contributed by atoms with Crippen LogP contribution >= 0.6 is 12.4 Å². The Balaban J connectivity index is 0.00000220. The summed E-state index contributed by atoms with van der Waals surface area (Å²) >= 11 is 0. The van der Waals surface area contributed by atoms with Crippen LogP contribution in [0.5, 0.6) is 0 Å². The number of hydrogen-bond donors (Lipinski definition) is 1. The third-order valence-electron chi connectivity index (χ3n) is 3.77. The summed E-state index contributed by atoms with van der Waals surface area (Å²) in [6, 6.07) is 9.62. The molecule has 1 atom stereocenters. The van der Waals surface area contributed by atoms with Gasteiger partial charge in [-0.1, -0.05) is 30.3 Å². The summed E-state index contributed by atoms with van der Waals surface area (Å²) in [6.07, 6.45) is 0. The SMILES string of the molecule is CC(=O)N1CCN(C(=O)C(CN)c2ccccc2)CC1.Cl. The maximum Gasteiger partial charge on any atom is 0.231 e. The first-order valence-corrected chi connectivity index (χ1v) is 6.92. The Labute approximate surface area is 131 Å². The molecule has 1 aromatic carbocycles. The Morgan fingerprint density at radius 3 is 2.10 bits per heavy atom. The molecule has 0 spiro atoms. The standard InChI is InChI=1S/C15H21N3O2.ClH/c1-12(19)17-7-9-18(10-8-17)15(20)14(11-16)13-5-3-2-4-6-13;/h2-6,14H,7-11,16H2,1H3;1H. The number of carbonyl (C=O) groups is 2. The first-order chi connectivity index (χ1) is 9.63. The van der Waals surface area contributed by atoms with E-state index in [2.05, 4.69) is 0 Å². The van der Waals surface area contributed by atoms with Crippen molar-refractivity contribution in [1.82, 2.24) is 9.80 Å². The fraction of sp³-hybridized carbons (Fsp3) is 0.467. The number of rotatable bonds is 3. The lowest BCUT2D eigenvalue weighted by molar-refractivity contribution is -0.139. The van der Waals surface area contributed by atoms with Gasteiger partial charge in [-0.2, -0.15) is 0 Å². The lowest BCUT2D eigenvalue weighted by atomic mass is 9.97. The number of carbonyl (C=O) groups excluding carboxylic acids is 2. The van der Waals surface area contributed by atoms with Crippen molar-refractivity contribution < 1.29 is 9.59 Å². The summed E-state index contributed by atoms with van der Waals surface area (Å²) < 4.78 is 0. The quantitative estimate of drug-likeness (QED) is 0.899. The van der Waals surface area contributed by atoms with Crippen molar-refractivity contribution in [2.45, 2.75) is 12.8 Å². The molecule has 1 unspecified atom stereocenters. The van der Waals surface area contributed by atoms with Crippen molar-refractivity contribution >= 4 is 24.2 Å². The van der Waals surface area contributed by atoms with Gasteiger partial charge in [0.25, 0.3) is 0 Å². The van der Waals surface area contributed by atoms with Crippen LogP contribution in [0.3, 0.4) is 0 Å². The maximum atomic E-state index is 12.5. The lowest BCUT2D eigenvalue weighted by Crippen LogP contribution is -2.51. The minimum Gasteiger partial charge on any atom is -0.339 e. The van der Waals surface area contributed by atoms with Crippen LogP contribution in [0, 0.1) is 0 Å². The minimum absolute atomic E-state index is 0. The molecule has 1 aliphatic heterocycles. The molecule has 0 radical (unpaired) electrons. The smallest absolute Gasteiger partial charge is 0.231 e. The lowest BCUT2D eigenvalue weighted by Gasteiger charge is -2.36. The summed E-state index contributed by atoms with van der Waals surface area (Å²) in [7, 11) is 0. The molecule has 5 nitrogen and oxygen atoms in total. The topological polar surface area (TPSA) is 66.6 Å². The second-order valence-electron chi connectivity index (χ2n) is 5.03. The van der Waals surface area contributed by atoms with Crippen LogP contribution in [0.15, 0.2) is 30.3 Å². The Morgan fingerprint density at radius 2 is 1.62 bits per heavy atom. The zero-order valence-electron chi connectivity index (χ0n) is 12.2. The molecule has 0 aliphatic carbocycles. The van der Waals surface area contributed by atoms with E-state index in [0.717, 1.165) is 5.56 Å². The molecule has 1 aromatic rings. The van der Waals surface area contributed by atoms with E-state index in [9.17, 15) is 9.59 Å². The molecule has 0 aromatic heterocycles. The molecular formula is C15H22ClN3O2. The molecular weight excluding hydrogens is 290 g/mol. The molecule has 6 heteroatoms. The number of amides is 2. The molecule has 1 fully saturated rings. The maximum absolute atomic E-state index is 12.5. The van der Waals surface area contributed by atoms with Gasteiger partial charge in [-0.3, -0.25) is 9.59 Å². The molecule has 2 rings (SSSR count).